The lowest BCUT2D eigenvalue weighted by molar-refractivity contribution is -0.130. The molecular formula is C15H20N2O5. The van der Waals surface area contributed by atoms with Gasteiger partial charge in [0.2, 0.25) is 5.91 Å². The number of carbonyl (C=O) groups is 3. The number of rotatable bonds is 7. The van der Waals surface area contributed by atoms with Crippen LogP contribution in [-0.4, -0.2) is 44.1 Å². The second-order valence-corrected chi connectivity index (χ2v) is 4.49. The van der Waals surface area contributed by atoms with Gasteiger partial charge in [0.25, 0.3) is 5.91 Å². The summed E-state index contributed by atoms with van der Waals surface area (Å²) in [7, 11) is 1.49. The van der Waals surface area contributed by atoms with Gasteiger partial charge in [-0.1, -0.05) is 6.07 Å². The third-order valence-corrected chi connectivity index (χ3v) is 2.76. The van der Waals surface area contributed by atoms with Crippen LogP contribution in [0.25, 0.3) is 0 Å². The number of amides is 2. The summed E-state index contributed by atoms with van der Waals surface area (Å²) in [6, 6.07) is 5.71. The summed E-state index contributed by atoms with van der Waals surface area (Å²) >= 11 is 0. The molecule has 0 radical (unpaired) electrons. The summed E-state index contributed by atoms with van der Waals surface area (Å²) < 4.78 is 9.89. The van der Waals surface area contributed by atoms with E-state index in [2.05, 4.69) is 10.6 Å². The number of carbonyl (C=O) groups excluding carboxylic acids is 3. The molecule has 0 aliphatic heterocycles. The molecule has 1 atom stereocenters. The first-order valence-electron chi connectivity index (χ1n) is 6.86. The van der Waals surface area contributed by atoms with Crippen molar-refractivity contribution in [1.29, 1.82) is 0 Å². The molecule has 22 heavy (non-hydrogen) atoms. The minimum atomic E-state index is -0.692. The molecule has 0 saturated carbocycles. The number of hydrogen-bond acceptors (Lipinski definition) is 5. The largest absolute Gasteiger partial charge is 0.497 e. The van der Waals surface area contributed by atoms with Crippen LogP contribution < -0.4 is 15.4 Å². The maximum atomic E-state index is 11.8. The first-order valence-corrected chi connectivity index (χ1v) is 6.86. The van der Waals surface area contributed by atoms with Gasteiger partial charge in [0, 0.05) is 6.54 Å². The Morgan fingerprint density at radius 1 is 1.27 bits per heavy atom. The van der Waals surface area contributed by atoms with Crippen LogP contribution in [0.3, 0.4) is 0 Å². The number of methoxy groups -OCH3 is 1. The van der Waals surface area contributed by atoms with Crippen LogP contribution in [0.5, 0.6) is 5.75 Å². The maximum absolute atomic E-state index is 11.8. The van der Waals surface area contributed by atoms with E-state index in [9.17, 15) is 14.4 Å². The summed E-state index contributed by atoms with van der Waals surface area (Å²) in [5, 5.41) is 5.02. The predicted molar refractivity (Wildman–Crippen MR) is 79.6 cm³/mol. The van der Waals surface area contributed by atoms with Gasteiger partial charge in [0.15, 0.2) is 6.61 Å². The van der Waals surface area contributed by atoms with Crippen molar-refractivity contribution < 1.29 is 23.9 Å². The number of benzene rings is 1. The van der Waals surface area contributed by atoms with Crippen molar-refractivity contribution in [2.75, 3.05) is 20.3 Å². The van der Waals surface area contributed by atoms with E-state index in [1.165, 1.54) is 13.2 Å². The first-order chi connectivity index (χ1) is 10.5. The monoisotopic (exact) mass is 308 g/mol. The van der Waals surface area contributed by atoms with Gasteiger partial charge in [-0.2, -0.15) is 0 Å². The highest BCUT2D eigenvalue weighted by atomic mass is 16.5. The zero-order valence-electron chi connectivity index (χ0n) is 12.8. The summed E-state index contributed by atoms with van der Waals surface area (Å²) in [6.45, 7) is 3.35. The van der Waals surface area contributed by atoms with Crippen molar-refractivity contribution in [3.63, 3.8) is 0 Å². The van der Waals surface area contributed by atoms with Crippen LogP contribution >= 0.6 is 0 Å². The fraction of sp³-hybridized carbons (Fsp3) is 0.400. The topological polar surface area (TPSA) is 93.7 Å². The van der Waals surface area contributed by atoms with E-state index in [1.807, 2.05) is 0 Å². The van der Waals surface area contributed by atoms with Gasteiger partial charge in [-0.25, -0.2) is 4.79 Å². The Morgan fingerprint density at radius 2 is 2.00 bits per heavy atom. The number of nitrogens with one attached hydrogen (secondary N) is 2. The Morgan fingerprint density at radius 3 is 2.64 bits per heavy atom. The molecule has 2 N–H and O–H groups in total. The highest BCUT2D eigenvalue weighted by molar-refractivity contribution is 5.92. The summed E-state index contributed by atoms with van der Waals surface area (Å²) in [6.07, 6.45) is 0. The normalized spacial score (nSPS) is 11.2. The average Bonchev–Trinajstić information content (AvgIpc) is 2.52. The van der Waals surface area contributed by atoms with Gasteiger partial charge >= 0.3 is 5.97 Å². The van der Waals surface area contributed by atoms with Gasteiger partial charge in [-0.15, -0.1) is 0 Å². The summed E-state index contributed by atoms with van der Waals surface area (Å²) in [5.74, 6) is -0.964. The van der Waals surface area contributed by atoms with Crippen molar-refractivity contribution in [2.24, 2.45) is 0 Å². The molecule has 0 fully saturated rings. The molecule has 0 heterocycles. The van der Waals surface area contributed by atoms with Crippen LogP contribution in [0.2, 0.25) is 0 Å². The van der Waals surface area contributed by atoms with Crippen LogP contribution in [0.15, 0.2) is 24.3 Å². The van der Waals surface area contributed by atoms with Gasteiger partial charge in [-0.05, 0) is 32.0 Å². The molecule has 0 aromatic heterocycles. The third-order valence-electron chi connectivity index (χ3n) is 2.76. The quantitative estimate of drug-likeness (QED) is 0.715. The second kappa shape index (κ2) is 8.66. The molecular weight excluding hydrogens is 288 g/mol. The number of hydrogen-bond donors (Lipinski definition) is 2. The lowest BCUT2D eigenvalue weighted by atomic mass is 10.2. The predicted octanol–water partition coefficient (Wildman–Crippen LogP) is 0.493. The molecule has 0 aliphatic rings. The van der Waals surface area contributed by atoms with Gasteiger partial charge in [0.05, 0.1) is 12.7 Å². The Kier molecular flexibility index (Phi) is 6.88. The zero-order chi connectivity index (χ0) is 16.5. The van der Waals surface area contributed by atoms with Crippen LogP contribution in [-0.2, 0) is 14.3 Å². The standard InChI is InChI=1S/C15H20N2O5/c1-4-16-14(19)10(2)17-13(18)9-22-15(20)11-6-5-7-12(8-11)21-3/h5-8,10H,4,9H2,1-3H3,(H,16,19)(H,17,18)/t10-/m1/s1. The number of likely N-dealkylation sites (N-methyl/N-ethyl adjacent to an activating group) is 1. The molecule has 7 heteroatoms. The van der Waals surface area contributed by atoms with Gasteiger partial charge in [0.1, 0.15) is 11.8 Å². The molecule has 120 valence electrons. The minimum absolute atomic E-state index is 0.281. The smallest absolute Gasteiger partial charge is 0.338 e. The SMILES string of the molecule is CCNC(=O)[C@@H](C)NC(=O)COC(=O)c1cccc(OC)c1. The van der Waals surface area contributed by atoms with E-state index in [0.717, 1.165) is 0 Å². The summed E-state index contributed by atoms with van der Waals surface area (Å²) in [4.78, 5) is 34.9. The lowest BCUT2D eigenvalue weighted by Crippen LogP contribution is -2.46. The fourth-order valence-electron chi connectivity index (χ4n) is 1.64. The fourth-order valence-corrected chi connectivity index (χ4v) is 1.64. The molecule has 2 amide bonds. The van der Waals surface area contributed by atoms with Crippen LogP contribution in [0, 0.1) is 0 Å². The zero-order valence-corrected chi connectivity index (χ0v) is 12.8. The average molecular weight is 308 g/mol. The maximum Gasteiger partial charge on any atom is 0.338 e. The number of esters is 1. The minimum Gasteiger partial charge on any atom is -0.497 e. The molecule has 0 unspecified atom stereocenters. The number of ether oxygens (including phenoxy) is 2. The molecule has 0 saturated heterocycles. The van der Waals surface area contributed by atoms with Crippen molar-refractivity contribution in [3.8, 4) is 5.75 Å². The summed E-state index contributed by atoms with van der Waals surface area (Å²) in [5.41, 5.74) is 0.281. The van der Waals surface area contributed by atoms with Crippen LogP contribution in [0.1, 0.15) is 24.2 Å². The van der Waals surface area contributed by atoms with E-state index >= 15 is 0 Å². The molecule has 1 aromatic rings. The first kappa shape index (κ1) is 17.5. The van der Waals surface area contributed by atoms with Gasteiger partial charge in [-0.3, -0.25) is 9.59 Å². The Hall–Kier alpha value is -2.57. The van der Waals surface area contributed by atoms with Gasteiger partial charge < -0.3 is 20.1 Å². The Balaban J connectivity index is 2.46. The third kappa shape index (κ3) is 5.43. The molecule has 0 aliphatic carbocycles. The molecule has 0 spiro atoms. The van der Waals surface area contributed by atoms with Crippen molar-refractivity contribution in [2.45, 2.75) is 19.9 Å². The Labute approximate surface area is 129 Å². The molecule has 1 aromatic carbocycles. The van der Waals surface area contributed by atoms with Crippen LogP contribution in [0.4, 0.5) is 0 Å². The molecule has 7 nitrogen and oxygen atoms in total. The second-order valence-electron chi connectivity index (χ2n) is 4.49. The van der Waals surface area contributed by atoms with E-state index in [0.29, 0.717) is 12.3 Å². The highest BCUT2D eigenvalue weighted by Crippen LogP contribution is 2.13. The van der Waals surface area contributed by atoms with E-state index in [4.69, 9.17) is 9.47 Å². The molecule has 1 rings (SSSR count). The molecule has 0 bridgehead atoms. The highest BCUT2D eigenvalue weighted by Gasteiger charge is 2.16. The van der Waals surface area contributed by atoms with E-state index in [-0.39, 0.29) is 11.5 Å². The van der Waals surface area contributed by atoms with Crippen molar-refractivity contribution >= 4 is 17.8 Å². The lowest BCUT2D eigenvalue weighted by Gasteiger charge is -2.13. The van der Waals surface area contributed by atoms with E-state index in [1.54, 1.807) is 32.0 Å². The van der Waals surface area contributed by atoms with Crippen molar-refractivity contribution in [3.05, 3.63) is 29.8 Å². The van der Waals surface area contributed by atoms with Crippen molar-refractivity contribution in [1.82, 2.24) is 10.6 Å². The van der Waals surface area contributed by atoms with E-state index < -0.39 is 24.5 Å². The Bertz CT molecular complexity index is 544.